The lowest BCUT2D eigenvalue weighted by Crippen LogP contribution is -2.20. The molecule has 0 aromatic rings. The molecule has 0 aliphatic rings. The van der Waals surface area contributed by atoms with Crippen LogP contribution in [0.5, 0.6) is 0 Å². The van der Waals surface area contributed by atoms with Crippen molar-refractivity contribution in [3.05, 3.63) is 6.92 Å². The number of alkyl halides is 1. The van der Waals surface area contributed by atoms with Crippen molar-refractivity contribution >= 4 is 17.5 Å². The summed E-state index contributed by atoms with van der Waals surface area (Å²) >= 11 is 5.03. The first-order chi connectivity index (χ1) is 2.64. The first-order valence-electron chi connectivity index (χ1n) is 1.41. The van der Waals surface area contributed by atoms with Gasteiger partial charge >= 0.3 is 0 Å². The summed E-state index contributed by atoms with van der Waals surface area (Å²) in [6.45, 7) is 3.13. The summed E-state index contributed by atoms with van der Waals surface area (Å²) in [4.78, 5) is 9.73. The number of hydrogen-bond acceptors (Lipinski definition) is 1. The standard InChI is InChI=1S/C3H5ClNO/c1-2(4)3(5)6/h2H,1H2,(H2,5,6). The molecular weight excluding hydrogens is 101 g/mol. The van der Waals surface area contributed by atoms with E-state index in [2.05, 4.69) is 12.7 Å². The second-order valence-corrected chi connectivity index (χ2v) is 1.40. The van der Waals surface area contributed by atoms with E-state index in [9.17, 15) is 4.79 Å². The number of amides is 1. The van der Waals surface area contributed by atoms with Crippen LogP contribution < -0.4 is 5.73 Å². The Bertz CT molecular complexity index is 61.8. The molecule has 0 rings (SSSR count). The molecule has 0 bridgehead atoms. The molecule has 1 radical (unpaired) electrons. The van der Waals surface area contributed by atoms with Crippen LogP contribution >= 0.6 is 11.6 Å². The Labute approximate surface area is 41.3 Å². The van der Waals surface area contributed by atoms with Crippen LogP contribution in [-0.4, -0.2) is 11.3 Å². The van der Waals surface area contributed by atoms with Crippen LogP contribution in [0, 0.1) is 6.92 Å². The van der Waals surface area contributed by atoms with E-state index in [-0.39, 0.29) is 0 Å². The van der Waals surface area contributed by atoms with Gasteiger partial charge in [-0.2, -0.15) is 0 Å². The van der Waals surface area contributed by atoms with Crippen molar-refractivity contribution < 1.29 is 4.79 Å². The molecule has 6 heavy (non-hydrogen) atoms. The molecule has 0 saturated heterocycles. The van der Waals surface area contributed by atoms with Gasteiger partial charge in [-0.1, -0.05) is 0 Å². The molecule has 35 valence electrons. The van der Waals surface area contributed by atoms with Crippen LogP contribution in [0.15, 0.2) is 0 Å². The molecule has 0 aromatic carbocycles. The number of hydrogen-bond donors (Lipinski definition) is 1. The van der Waals surface area contributed by atoms with E-state index in [1.54, 1.807) is 0 Å². The molecular formula is C3H5ClNO. The van der Waals surface area contributed by atoms with Crippen molar-refractivity contribution in [2.24, 2.45) is 5.73 Å². The van der Waals surface area contributed by atoms with E-state index in [1.165, 1.54) is 0 Å². The number of rotatable bonds is 1. The molecule has 0 aliphatic carbocycles. The van der Waals surface area contributed by atoms with E-state index >= 15 is 0 Å². The van der Waals surface area contributed by atoms with Gasteiger partial charge in [-0.15, -0.1) is 11.6 Å². The third-order valence-electron chi connectivity index (χ3n) is 0.309. The molecule has 2 nitrogen and oxygen atoms in total. The summed E-state index contributed by atoms with van der Waals surface area (Å²) in [7, 11) is 0. The number of carbonyl (C=O) groups excluding carboxylic acids is 1. The van der Waals surface area contributed by atoms with E-state index in [4.69, 9.17) is 11.6 Å². The zero-order chi connectivity index (χ0) is 5.15. The fourth-order valence-electron chi connectivity index (χ4n) is 0. The van der Waals surface area contributed by atoms with Gasteiger partial charge in [0.25, 0.3) is 0 Å². The number of halogens is 1. The summed E-state index contributed by atoms with van der Waals surface area (Å²) in [5, 5.41) is -0.787. The maximum atomic E-state index is 9.73. The van der Waals surface area contributed by atoms with E-state index in [0.29, 0.717) is 0 Å². The predicted octanol–water partition coefficient (Wildman–Crippen LogP) is -0.0868. The minimum atomic E-state index is -0.787. The van der Waals surface area contributed by atoms with Gasteiger partial charge in [0.2, 0.25) is 5.91 Å². The summed E-state index contributed by atoms with van der Waals surface area (Å²) < 4.78 is 0. The van der Waals surface area contributed by atoms with Crippen molar-refractivity contribution in [1.29, 1.82) is 0 Å². The van der Waals surface area contributed by atoms with Crippen LogP contribution in [0.3, 0.4) is 0 Å². The van der Waals surface area contributed by atoms with Crippen LogP contribution in [0.1, 0.15) is 0 Å². The Hall–Kier alpha value is -0.240. The van der Waals surface area contributed by atoms with Crippen LogP contribution in [0.2, 0.25) is 0 Å². The molecule has 0 aromatic heterocycles. The fraction of sp³-hybridized carbons (Fsp3) is 0.333. The first-order valence-corrected chi connectivity index (χ1v) is 1.84. The van der Waals surface area contributed by atoms with Gasteiger partial charge in [0.05, 0.1) is 0 Å². The zero-order valence-corrected chi connectivity index (χ0v) is 3.90. The van der Waals surface area contributed by atoms with Crippen molar-refractivity contribution in [1.82, 2.24) is 0 Å². The molecule has 1 unspecified atom stereocenters. The van der Waals surface area contributed by atoms with Crippen molar-refractivity contribution in [2.45, 2.75) is 5.38 Å². The molecule has 0 fully saturated rings. The van der Waals surface area contributed by atoms with E-state index < -0.39 is 11.3 Å². The summed E-state index contributed by atoms with van der Waals surface area (Å²) in [6.07, 6.45) is 0. The van der Waals surface area contributed by atoms with E-state index in [0.717, 1.165) is 0 Å². The lowest BCUT2D eigenvalue weighted by atomic mass is 10.5. The molecule has 0 heterocycles. The highest BCUT2D eigenvalue weighted by Crippen LogP contribution is 1.86. The first kappa shape index (κ1) is 5.76. The Balaban J connectivity index is 3.26. The van der Waals surface area contributed by atoms with Gasteiger partial charge < -0.3 is 5.73 Å². The summed E-state index contributed by atoms with van der Waals surface area (Å²) in [5.41, 5.74) is 4.60. The highest BCUT2D eigenvalue weighted by atomic mass is 35.5. The Morgan fingerprint density at radius 3 is 2.17 bits per heavy atom. The zero-order valence-electron chi connectivity index (χ0n) is 3.15. The lowest BCUT2D eigenvalue weighted by molar-refractivity contribution is -0.117. The summed E-state index contributed by atoms with van der Waals surface area (Å²) in [5.74, 6) is -0.586. The highest BCUT2D eigenvalue weighted by molar-refractivity contribution is 6.31. The Kier molecular flexibility index (Phi) is 1.95. The van der Waals surface area contributed by atoms with Crippen molar-refractivity contribution in [2.75, 3.05) is 0 Å². The second-order valence-electron chi connectivity index (χ2n) is 0.870. The monoisotopic (exact) mass is 106 g/mol. The molecule has 1 amide bonds. The van der Waals surface area contributed by atoms with Gasteiger partial charge in [-0.3, -0.25) is 4.79 Å². The van der Waals surface area contributed by atoms with E-state index in [1.807, 2.05) is 0 Å². The van der Waals surface area contributed by atoms with Crippen LogP contribution in [0.25, 0.3) is 0 Å². The summed E-state index contributed by atoms with van der Waals surface area (Å²) in [6, 6.07) is 0. The van der Waals surface area contributed by atoms with Gasteiger partial charge in [-0.05, 0) is 6.92 Å². The smallest absolute Gasteiger partial charge is 0.235 e. The minimum Gasteiger partial charge on any atom is -0.368 e. The normalized spacial score (nSPS) is 13.7. The number of nitrogens with two attached hydrogens (primary N) is 1. The van der Waals surface area contributed by atoms with Gasteiger partial charge in [0.1, 0.15) is 5.38 Å². The number of carbonyl (C=O) groups is 1. The minimum absolute atomic E-state index is 0.586. The molecule has 3 heteroatoms. The van der Waals surface area contributed by atoms with Gasteiger partial charge in [0.15, 0.2) is 0 Å². The third kappa shape index (κ3) is 2.03. The van der Waals surface area contributed by atoms with Crippen LogP contribution in [0.4, 0.5) is 0 Å². The van der Waals surface area contributed by atoms with Crippen molar-refractivity contribution in [3.63, 3.8) is 0 Å². The SMILES string of the molecule is [CH2]C(Cl)C(N)=O. The average Bonchev–Trinajstić information content (AvgIpc) is 1.36. The quantitative estimate of drug-likeness (QED) is 0.467. The molecule has 0 saturated carbocycles. The van der Waals surface area contributed by atoms with Gasteiger partial charge in [0, 0.05) is 0 Å². The van der Waals surface area contributed by atoms with Gasteiger partial charge in [-0.25, -0.2) is 0 Å². The molecule has 2 N–H and O–H groups in total. The maximum Gasteiger partial charge on any atom is 0.235 e. The Morgan fingerprint density at radius 1 is 2.00 bits per heavy atom. The third-order valence-corrected chi connectivity index (χ3v) is 0.524. The fourth-order valence-corrected chi connectivity index (χ4v) is 0. The van der Waals surface area contributed by atoms with Crippen molar-refractivity contribution in [3.8, 4) is 0 Å². The molecule has 1 atom stereocenters. The lowest BCUT2D eigenvalue weighted by Gasteiger charge is -1.88. The highest BCUT2D eigenvalue weighted by Gasteiger charge is 1.99. The van der Waals surface area contributed by atoms with Crippen LogP contribution in [-0.2, 0) is 4.79 Å². The second kappa shape index (κ2) is 2.03. The number of primary amides is 1. The maximum absolute atomic E-state index is 9.73. The average molecular weight is 107 g/mol. The molecule has 0 aliphatic heterocycles. The topological polar surface area (TPSA) is 43.1 Å². The Morgan fingerprint density at radius 2 is 2.17 bits per heavy atom. The molecule has 0 spiro atoms. The largest absolute Gasteiger partial charge is 0.368 e. The predicted molar refractivity (Wildman–Crippen MR) is 24.2 cm³/mol.